The smallest absolute Gasteiger partial charge is 0.313 e. The first-order valence-electron chi connectivity index (χ1n) is 5.69. The maximum Gasteiger partial charge on any atom is 0.313 e. The van der Waals surface area contributed by atoms with E-state index in [9.17, 15) is 14.4 Å². The van der Waals surface area contributed by atoms with Gasteiger partial charge in [-0.25, -0.2) is 0 Å². The largest absolute Gasteiger partial charge is 0.469 e. The normalized spacial score (nSPS) is 41.9. The van der Waals surface area contributed by atoms with Crippen LogP contribution in [0.1, 0.15) is 20.3 Å². The van der Waals surface area contributed by atoms with Gasteiger partial charge in [-0.2, -0.15) is 0 Å². The van der Waals surface area contributed by atoms with E-state index in [4.69, 9.17) is 14.2 Å². The van der Waals surface area contributed by atoms with Gasteiger partial charge in [0.05, 0.1) is 19.8 Å². The van der Waals surface area contributed by atoms with Crippen LogP contribution in [0, 0.1) is 11.8 Å². The van der Waals surface area contributed by atoms with Crippen LogP contribution in [0.4, 0.5) is 0 Å². The molecule has 2 saturated heterocycles. The summed E-state index contributed by atoms with van der Waals surface area (Å²) >= 11 is 0. The maximum atomic E-state index is 12.0. The van der Waals surface area contributed by atoms with Crippen molar-refractivity contribution in [1.29, 1.82) is 0 Å². The molecule has 0 radical (unpaired) electrons. The van der Waals surface area contributed by atoms with Crippen molar-refractivity contribution < 1.29 is 28.6 Å². The van der Waals surface area contributed by atoms with Crippen LogP contribution in [-0.4, -0.2) is 43.1 Å². The Morgan fingerprint density at radius 1 is 1.17 bits per heavy atom. The van der Waals surface area contributed by atoms with Crippen LogP contribution in [0.2, 0.25) is 0 Å². The van der Waals surface area contributed by atoms with Gasteiger partial charge in [0, 0.05) is 6.42 Å². The molecule has 2 rings (SSSR count). The highest BCUT2D eigenvalue weighted by Crippen LogP contribution is 2.56. The van der Waals surface area contributed by atoms with Gasteiger partial charge in [-0.1, -0.05) is 0 Å². The molecule has 4 atom stereocenters. The summed E-state index contributed by atoms with van der Waals surface area (Å²) in [5, 5.41) is 0. The van der Waals surface area contributed by atoms with Crippen molar-refractivity contribution >= 4 is 17.7 Å². The molecule has 6 nitrogen and oxygen atoms in total. The third kappa shape index (κ3) is 1.41. The Bertz CT molecular complexity index is 430. The fourth-order valence-corrected chi connectivity index (χ4v) is 3.15. The standard InChI is InChI=1S/C12H16O6/c1-11-5-6(13)12(2,18-11)8(10(15)17-4)7(11)9(14)16-3/h7-8H,5H2,1-4H3/t7-,8+,11?,12?/m1/s1. The van der Waals surface area contributed by atoms with Gasteiger partial charge in [0.25, 0.3) is 0 Å². The lowest BCUT2D eigenvalue weighted by Crippen LogP contribution is -2.51. The SMILES string of the molecule is COC(=O)[C@@H]1[C@H](C(=O)OC)C2(C)CC(=O)C1(C)O2. The highest BCUT2D eigenvalue weighted by Gasteiger charge is 2.72. The van der Waals surface area contributed by atoms with Crippen molar-refractivity contribution in [3.05, 3.63) is 0 Å². The molecule has 100 valence electrons. The summed E-state index contributed by atoms with van der Waals surface area (Å²) in [5.74, 6) is -3.10. The Morgan fingerprint density at radius 3 is 2.17 bits per heavy atom. The number of esters is 2. The van der Waals surface area contributed by atoms with Gasteiger partial charge in [0.1, 0.15) is 17.4 Å². The van der Waals surface area contributed by atoms with E-state index in [0.29, 0.717) is 0 Å². The Morgan fingerprint density at radius 2 is 1.67 bits per heavy atom. The fraction of sp³-hybridized carbons (Fsp3) is 0.750. The summed E-state index contributed by atoms with van der Waals surface area (Å²) in [6.07, 6.45) is 0.108. The summed E-state index contributed by atoms with van der Waals surface area (Å²) in [4.78, 5) is 35.7. The number of ketones is 1. The first-order chi connectivity index (χ1) is 8.30. The molecule has 0 aromatic heterocycles. The van der Waals surface area contributed by atoms with E-state index in [1.54, 1.807) is 6.92 Å². The van der Waals surface area contributed by atoms with E-state index < -0.39 is 35.0 Å². The van der Waals surface area contributed by atoms with Crippen LogP contribution >= 0.6 is 0 Å². The van der Waals surface area contributed by atoms with E-state index in [-0.39, 0.29) is 12.2 Å². The number of methoxy groups -OCH3 is 2. The Labute approximate surface area is 105 Å². The minimum Gasteiger partial charge on any atom is -0.469 e. The van der Waals surface area contributed by atoms with Crippen molar-refractivity contribution in [2.24, 2.45) is 11.8 Å². The van der Waals surface area contributed by atoms with Crippen LogP contribution in [-0.2, 0) is 28.6 Å². The molecule has 0 spiro atoms. The van der Waals surface area contributed by atoms with Gasteiger partial charge in [0.2, 0.25) is 0 Å². The van der Waals surface area contributed by atoms with Crippen molar-refractivity contribution in [2.75, 3.05) is 14.2 Å². The van der Waals surface area contributed by atoms with Gasteiger partial charge in [-0.15, -0.1) is 0 Å². The molecule has 2 unspecified atom stereocenters. The van der Waals surface area contributed by atoms with Crippen molar-refractivity contribution in [1.82, 2.24) is 0 Å². The quantitative estimate of drug-likeness (QED) is 0.651. The number of hydrogen-bond donors (Lipinski definition) is 0. The van der Waals surface area contributed by atoms with E-state index in [1.807, 2.05) is 0 Å². The number of carbonyl (C=O) groups excluding carboxylic acids is 3. The Kier molecular flexibility index (Phi) is 2.73. The first-order valence-corrected chi connectivity index (χ1v) is 5.69. The molecular formula is C12H16O6. The van der Waals surface area contributed by atoms with Crippen molar-refractivity contribution in [3.63, 3.8) is 0 Å². The number of hydrogen-bond acceptors (Lipinski definition) is 6. The molecule has 2 bridgehead atoms. The number of rotatable bonds is 2. The van der Waals surface area contributed by atoms with Crippen LogP contribution in [0.5, 0.6) is 0 Å². The molecule has 2 aliphatic rings. The highest BCUT2D eigenvalue weighted by molar-refractivity contribution is 6.00. The number of fused-ring (bicyclic) bond motifs is 2. The first kappa shape index (κ1) is 13.0. The van der Waals surface area contributed by atoms with Crippen LogP contribution in [0.3, 0.4) is 0 Å². The van der Waals surface area contributed by atoms with Crippen LogP contribution in [0.15, 0.2) is 0 Å². The minimum atomic E-state index is -1.29. The summed E-state index contributed by atoms with van der Waals surface area (Å²) in [7, 11) is 2.47. The number of Topliss-reactive ketones (excluding diaryl/α,β-unsaturated/α-hetero) is 1. The number of ether oxygens (including phenoxy) is 3. The molecular weight excluding hydrogens is 240 g/mol. The topological polar surface area (TPSA) is 78.9 Å². The average molecular weight is 256 g/mol. The highest BCUT2D eigenvalue weighted by atomic mass is 16.6. The molecule has 0 N–H and O–H groups in total. The Hall–Kier alpha value is -1.43. The zero-order valence-electron chi connectivity index (χ0n) is 10.8. The molecule has 2 fully saturated rings. The lowest BCUT2D eigenvalue weighted by molar-refractivity contribution is -0.162. The second-order valence-corrected chi connectivity index (χ2v) is 5.12. The van der Waals surface area contributed by atoms with E-state index >= 15 is 0 Å². The predicted octanol–water partition coefficient (Wildman–Crippen LogP) is 0.0852. The zero-order valence-corrected chi connectivity index (χ0v) is 10.8. The third-order valence-electron chi connectivity index (χ3n) is 4.01. The molecule has 6 heteroatoms. The molecule has 2 heterocycles. The third-order valence-corrected chi connectivity index (χ3v) is 4.01. The summed E-state index contributed by atoms with van der Waals surface area (Å²) < 4.78 is 15.1. The van der Waals surface area contributed by atoms with E-state index in [0.717, 1.165) is 0 Å². The van der Waals surface area contributed by atoms with E-state index in [1.165, 1.54) is 21.1 Å². The van der Waals surface area contributed by atoms with Gasteiger partial charge in [0.15, 0.2) is 5.78 Å². The lowest BCUT2D eigenvalue weighted by atomic mass is 9.67. The number of carbonyl (C=O) groups is 3. The molecule has 0 amide bonds. The maximum absolute atomic E-state index is 12.0. The van der Waals surface area contributed by atoms with Crippen molar-refractivity contribution in [2.45, 2.75) is 31.5 Å². The van der Waals surface area contributed by atoms with E-state index in [2.05, 4.69) is 0 Å². The van der Waals surface area contributed by atoms with Gasteiger partial charge < -0.3 is 14.2 Å². The Balaban J connectivity index is 2.49. The van der Waals surface area contributed by atoms with Gasteiger partial charge >= 0.3 is 11.9 Å². The average Bonchev–Trinajstić information content (AvgIpc) is 2.69. The lowest BCUT2D eigenvalue weighted by Gasteiger charge is -2.31. The molecule has 0 aromatic carbocycles. The van der Waals surface area contributed by atoms with Gasteiger partial charge in [-0.05, 0) is 13.8 Å². The second-order valence-electron chi connectivity index (χ2n) is 5.12. The van der Waals surface area contributed by atoms with Crippen molar-refractivity contribution in [3.8, 4) is 0 Å². The molecule has 0 aliphatic carbocycles. The monoisotopic (exact) mass is 256 g/mol. The van der Waals surface area contributed by atoms with Crippen LogP contribution in [0.25, 0.3) is 0 Å². The summed E-state index contributed by atoms with van der Waals surface area (Å²) in [6, 6.07) is 0. The minimum absolute atomic E-state index is 0.108. The molecule has 0 aromatic rings. The van der Waals surface area contributed by atoms with Gasteiger partial charge in [-0.3, -0.25) is 14.4 Å². The molecule has 0 saturated carbocycles. The predicted molar refractivity (Wildman–Crippen MR) is 58.5 cm³/mol. The fourth-order valence-electron chi connectivity index (χ4n) is 3.15. The molecule has 2 aliphatic heterocycles. The summed E-state index contributed by atoms with van der Waals surface area (Å²) in [6.45, 7) is 3.19. The summed E-state index contributed by atoms with van der Waals surface area (Å²) in [5.41, 5.74) is -2.28. The zero-order chi connectivity index (χ0) is 13.7. The second kappa shape index (κ2) is 3.78. The molecule has 18 heavy (non-hydrogen) atoms. The van der Waals surface area contributed by atoms with Crippen LogP contribution < -0.4 is 0 Å².